The molecule has 0 spiro atoms. The highest BCUT2D eigenvalue weighted by atomic mass is 32.2. The number of hydrogen-bond acceptors (Lipinski definition) is 6. The molecule has 0 aliphatic rings. The smallest absolute Gasteiger partial charge is 0.279 e. The molecule has 3 aromatic rings. The zero-order valence-electron chi connectivity index (χ0n) is 21.4. The van der Waals surface area contributed by atoms with Crippen molar-refractivity contribution in [1.82, 2.24) is 8.87 Å². The predicted octanol–water partition coefficient (Wildman–Crippen LogP) is 4.69. The molecule has 0 fully saturated rings. The highest BCUT2D eigenvalue weighted by Crippen LogP contribution is 2.24. The number of carbonyl (C=O) groups excluding carboxylic acids is 1. The van der Waals surface area contributed by atoms with E-state index in [1.54, 1.807) is 0 Å². The molecule has 0 radical (unpaired) electrons. The summed E-state index contributed by atoms with van der Waals surface area (Å²) in [5.74, 6) is 0.331. The standard InChI is InChI=1S/C26H35N3O5S2/c1-5-9-16-28(6-2)36(31,32)22-13-10-20(11-14-22)25(30)27-26-29(17-18-33-7-3)23-15-12-21(34-8-4)19-24(23)35-26/h10-15,19H,5-9,16-18H2,1-4H3. The molecule has 3 rings (SSSR count). The molecule has 8 nitrogen and oxygen atoms in total. The summed E-state index contributed by atoms with van der Waals surface area (Å²) >= 11 is 1.40. The van der Waals surface area contributed by atoms with Gasteiger partial charge in [0, 0.05) is 31.8 Å². The monoisotopic (exact) mass is 533 g/mol. The van der Waals surface area contributed by atoms with E-state index >= 15 is 0 Å². The molecule has 0 bridgehead atoms. The Hall–Kier alpha value is -2.53. The number of nitrogens with zero attached hydrogens (tertiary/aromatic N) is 3. The largest absolute Gasteiger partial charge is 0.494 e. The van der Waals surface area contributed by atoms with Crippen LogP contribution in [0.15, 0.2) is 52.4 Å². The van der Waals surface area contributed by atoms with Gasteiger partial charge >= 0.3 is 0 Å². The van der Waals surface area contributed by atoms with Crippen LogP contribution in [0.5, 0.6) is 5.75 Å². The molecule has 36 heavy (non-hydrogen) atoms. The fourth-order valence-corrected chi connectivity index (χ4v) is 6.33. The summed E-state index contributed by atoms with van der Waals surface area (Å²) < 4.78 is 41.5. The number of sulfonamides is 1. The summed E-state index contributed by atoms with van der Waals surface area (Å²) in [6.45, 7) is 10.8. The first-order valence-corrected chi connectivity index (χ1v) is 14.6. The molecule has 2 aromatic carbocycles. The lowest BCUT2D eigenvalue weighted by atomic mass is 10.2. The van der Waals surface area contributed by atoms with Crippen molar-refractivity contribution in [1.29, 1.82) is 0 Å². The van der Waals surface area contributed by atoms with E-state index in [-0.39, 0.29) is 4.90 Å². The summed E-state index contributed by atoms with van der Waals surface area (Å²) in [6, 6.07) is 11.8. The predicted molar refractivity (Wildman–Crippen MR) is 143 cm³/mol. The fourth-order valence-electron chi connectivity index (χ4n) is 3.76. The van der Waals surface area contributed by atoms with Gasteiger partial charge in [0.25, 0.3) is 5.91 Å². The normalized spacial score (nSPS) is 12.5. The van der Waals surface area contributed by atoms with Crippen LogP contribution in [-0.2, 0) is 21.3 Å². The molecule has 1 heterocycles. The van der Waals surface area contributed by atoms with Crippen LogP contribution in [0.4, 0.5) is 0 Å². The van der Waals surface area contributed by atoms with Crippen molar-refractivity contribution in [2.45, 2.75) is 52.0 Å². The molecule has 0 N–H and O–H groups in total. The van der Waals surface area contributed by atoms with Gasteiger partial charge in [-0.2, -0.15) is 9.30 Å². The highest BCUT2D eigenvalue weighted by Gasteiger charge is 2.22. The second-order valence-electron chi connectivity index (χ2n) is 8.09. The van der Waals surface area contributed by atoms with Gasteiger partial charge in [0.05, 0.1) is 28.3 Å². The first-order chi connectivity index (χ1) is 17.3. The second-order valence-corrected chi connectivity index (χ2v) is 11.0. The Morgan fingerprint density at radius 2 is 1.81 bits per heavy atom. The second kappa shape index (κ2) is 13.1. The first kappa shape index (κ1) is 28.0. The Kier molecular flexibility index (Phi) is 10.2. The lowest BCUT2D eigenvalue weighted by Gasteiger charge is -2.20. The number of carbonyl (C=O) groups is 1. The van der Waals surface area contributed by atoms with E-state index in [2.05, 4.69) is 4.99 Å². The van der Waals surface area contributed by atoms with Gasteiger partial charge in [-0.1, -0.05) is 31.6 Å². The van der Waals surface area contributed by atoms with Crippen molar-refractivity contribution < 1.29 is 22.7 Å². The van der Waals surface area contributed by atoms with Gasteiger partial charge in [-0.3, -0.25) is 4.79 Å². The summed E-state index contributed by atoms with van der Waals surface area (Å²) in [4.78, 5) is 18.2. The van der Waals surface area contributed by atoms with Crippen molar-refractivity contribution in [3.05, 3.63) is 52.8 Å². The van der Waals surface area contributed by atoms with Crippen LogP contribution in [0.1, 0.15) is 50.9 Å². The number of fused-ring (bicyclic) bond motifs is 1. The molecular weight excluding hydrogens is 498 g/mol. The average Bonchev–Trinajstić information content (AvgIpc) is 3.21. The summed E-state index contributed by atoms with van der Waals surface area (Å²) in [6.07, 6.45) is 1.71. The van der Waals surface area contributed by atoms with Crippen molar-refractivity contribution in [3.8, 4) is 5.75 Å². The van der Waals surface area contributed by atoms with Crippen molar-refractivity contribution in [2.75, 3.05) is 32.9 Å². The van der Waals surface area contributed by atoms with Crippen LogP contribution in [0.2, 0.25) is 0 Å². The van der Waals surface area contributed by atoms with Gasteiger partial charge in [-0.25, -0.2) is 8.42 Å². The van der Waals surface area contributed by atoms with Crippen LogP contribution in [0, 0.1) is 0 Å². The van der Waals surface area contributed by atoms with E-state index in [9.17, 15) is 13.2 Å². The third-order valence-corrected chi connectivity index (χ3v) is 8.71. The first-order valence-electron chi connectivity index (χ1n) is 12.4. The summed E-state index contributed by atoms with van der Waals surface area (Å²) in [5, 5.41) is 0. The number of ether oxygens (including phenoxy) is 2. The summed E-state index contributed by atoms with van der Waals surface area (Å²) in [7, 11) is -3.61. The Morgan fingerprint density at radius 3 is 2.44 bits per heavy atom. The highest BCUT2D eigenvalue weighted by molar-refractivity contribution is 7.89. The number of amides is 1. The van der Waals surface area contributed by atoms with E-state index < -0.39 is 15.9 Å². The molecular formula is C26H35N3O5S2. The topological polar surface area (TPSA) is 90.2 Å². The minimum atomic E-state index is -3.61. The minimum absolute atomic E-state index is 0.175. The molecule has 0 aliphatic carbocycles. The van der Waals surface area contributed by atoms with E-state index in [4.69, 9.17) is 9.47 Å². The zero-order chi connectivity index (χ0) is 26.1. The van der Waals surface area contributed by atoms with Crippen molar-refractivity contribution >= 4 is 37.5 Å². The number of aromatic nitrogens is 1. The average molecular weight is 534 g/mol. The maximum absolute atomic E-state index is 13.0. The van der Waals surface area contributed by atoms with Gasteiger partial charge in [-0.15, -0.1) is 0 Å². The molecule has 10 heteroatoms. The van der Waals surface area contributed by atoms with Crippen molar-refractivity contribution in [2.24, 2.45) is 4.99 Å². The number of thiazole rings is 1. The van der Waals surface area contributed by atoms with Gasteiger partial charge in [-0.05, 0) is 62.7 Å². The van der Waals surface area contributed by atoms with Gasteiger partial charge in [0.1, 0.15) is 5.75 Å². The lowest BCUT2D eigenvalue weighted by molar-refractivity contribution is 0.0996. The number of rotatable bonds is 13. The lowest BCUT2D eigenvalue weighted by Crippen LogP contribution is -2.31. The molecule has 1 aromatic heterocycles. The minimum Gasteiger partial charge on any atom is -0.494 e. The maximum Gasteiger partial charge on any atom is 0.279 e. The Bertz CT molecular complexity index is 1330. The summed E-state index contributed by atoms with van der Waals surface area (Å²) in [5.41, 5.74) is 1.28. The van der Waals surface area contributed by atoms with E-state index in [1.165, 1.54) is 39.9 Å². The van der Waals surface area contributed by atoms with Crippen LogP contribution in [0.25, 0.3) is 10.2 Å². The number of hydrogen-bond donors (Lipinski definition) is 0. The molecule has 0 saturated carbocycles. The Balaban J connectivity index is 1.93. The molecule has 196 valence electrons. The van der Waals surface area contributed by atoms with E-state index in [0.717, 1.165) is 28.8 Å². The number of unbranched alkanes of at least 4 members (excludes halogenated alkanes) is 1. The Morgan fingerprint density at radius 1 is 1.06 bits per heavy atom. The third kappa shape index (κ3) is 6.61. The third-order valence-electron chi connectivity index (χ3n) is 5.68. The van der Waals surface area contributed by atoms with Crippen LogP contribution >= 0.6 is 11.3 Å². The quantitative estimate of drug-likeness (QED) is 0.297. The molecule has 0 saturated heterocycles. The van der Waals surface area contributed by atoms with E-state index in [1.807, 2.05) is 50.5 Å². The molecule has 0 atom stereocenters. The zero-order valence-corrected chi connectivity index (χ0v) is 23.0. The van der Waals surface area contributed by atoms with Crippen molar-refractivity contribution in [3.63, 3.8) is 0 Å². The molecule has 0 aliphatic heterocycles. The van der Waals surface area contributed by atoms with Crippen LogP contribution < -0.4 is 9.54 Å². The van der Waals surface area contributed by atoms with Crippen LogP contribution in [0.3, 0.4) is 0 Å². The molecule has 0 unspecified atom stereocenters. The number of benzene rings is 2. The SMILES string of the molecule is CCCCN(CC)S(=O)(=O)c1ccc(C(=O)N=c2sc3cc(OCC)ccc3n2CCOCC)cc1. The Labute approximate surface area is 217 Å². The molecule has 1 amide bonds. The fraction of sp³-hybridized carbons (Fsp3) is 0.462. The van der Waals surface area contributed by atoms with E-state index in [0.29, 0.717) is 49.8 Å². The van der Waals surface area contributed by atoms with Gasteiger partial charge in [0.15, 0.2) is 4.80 Å². The van der Waals surface area contributed by atoms with Crippen LogP contribution in [-0.4, -0.2) is 56.1 Å². The maximum atomic E-state index is 13.0. The van der Waals surface area contributed by atoms with Gasteiger partial charge in [0.2, 0.25) is 10.0 Å². The van der Waals surface area contributed by atoms with Gasteiger partial charge < -0.3 is 14.0 Å².